The highest BCUT2D eigenvalue weighted by atomic mass is 16.7. The molecule has 3 fully saturated rings. The summed E-state index contributed by atoms with van der Waals surface area (Å²) in [5.74, 6) is 1.83. The van der Waals surface area contributed by atoms with Gasteiger partial charge in [-0.1, -0.05) is 25.7 Å². The summed E-state index contributed by atoms with van der Waals surface area (Å²) in [6.07, 6.45) is 4.70. The Bertz CT molecular complexity index is 471. The second kappa shape index (κ2) is 8.97. The number of aliphatic hydroxyl groups excluding tert-OH is 3. The van der Waals surface area contributed by atoms with Gasteiger partial charge in [0.2, 0.25) is 5.91 Å². The quantitative estimate of drug-likeness (QED) is 0.521. The Morgan fingerprint density at radius 2 is 1.85 bits per heavy atom. The third kappa shape index (κ3) is 4.75. The third-order valence-electron chi connectivity index (χ3n) is 6.29. The maximum atomic E-state index is 11.4. The fraction of sp³-hybridized carbons (Fsp3) is 0.947. The minimum atomic E-state index is -1.27. The SMILES string of the molecule is CC(=O)NC1C(O)[C@@H](O)C(CO)O[C@@H]1OCC1CCC(CC2CCC2)C1. The van der Waals surface area contributed by atoms with Crippen molar-refractivity contribution in [3.8, 4) is 0 Å². The van der Waals surface area contributed by atoms with E-state index in [4.69, 9.17) is 9.47 Å². The maximum absolute atomic E-state index is 11.4. The summed E-state index contributed by atoms with van der Waals surface area (Å²) in [5.41, 5.74) is 0. The van der Waals surface area contributed by atoms with E-state index in [0.29, 0.717) is 12.5 Å². The van der Waals surface area contributed by atoms with Crippen LogP contribution in [0.2, 0.25) is 0 Å². The van der Waals surface area contributed by atoms with Crippen LogP contribution in [0.5, 0.6) is 0 Å². The molecule has 1 heterocycles. The molecule has 5 unspecified atom stereocenters. The van der Waals surface area contributed by atoms with Crippen LogP contribution in [0.15, 0.2) is 0 Å². The molecule has 26 heavy (non-hydrogen) atoms. The standard InChI is InChI=1S/C19H33NO6/c1-11(22)20-16-18(24)17(23)15(9-21)26-19(16)25-10-14-6-5-13(8-14)7-12-3-2-4-12/h12-19,21,23-24H,2-10H2,1H3,(H,20,22)/t13?,14?,15?,16?,17-,18?,19-/m0/s1. The summed E-state index contributed by atoms with van der Waals surface area (Å²) in [5, 5.41) is 32.3. The van der Waals surface area contributed by atoms with Crippen LogP contribution in [-0.2, 0) is 14.3 Å². The van der Waals surface area contributed by atoms with Crippen LogP contribution in [0.25, 0.3) is 0 Å². The van der Waals surface area contributed by atoms with E-state index in [1.54, 1.807) is 0 Å². The van der Waals surface area contributed by atoms with E-state index in [1.165, 1.54) is 39.0 Å². The van der Waals surface area contributed by atoms with Crippen molar-refractivity contribution in [2.75, 3.05) is 13.2 Å². The molecule has 1 saturated heterocycles. The van der Waals surface area contributed by atoms with E-state index in [-0.39, 0.29) is 5.91 Å². The van der Waals surface area contributed by atoms with Crippen molar-refractivity contribution in [1.29, 1.82) is 0 Å². The van der Waals surface area contributed by atoms with Gasteiger partial charge in [-0.15, -0.1) is 0 Å². The molecule has 4 N–H and O–H groups in total. The van der Waals surface area contributed by atoms with Crippen molar-refractivity contribution in [2.24, 2.45) is 17.8 Å². The number of nitrogens with one attached hydrogen (secondary N) is 1. The summed E-state index contributed by atoms with van der Waals surface area (Å²) in [7, 11) is 0. The van der Waals surface area contributed by atoms with Gasteiger partial charge in [-0.2, -0.15) is 0 Å². The first-order chi connectivity index (χ1) is 12.5. The zero-order chi connectivity index (χ0) is 18.7. The number of ether oxygens (including phenoxy) is 2. The lowest BCUT2D eigenvalue weighted by Gasteiger charge is -2.42. The van der Waals surface area contributed by atoms with Gasteiger partial charge in [-0.05, 0) is 37.0 Å². The minimum Gasteiger partial charge on any atom is -0.394 e. The van der Waals surface area contributed by atoms with Crippen LogP contribution < -0.4 is 5.32 Å². The lowest BCUT2D eigenvalue weighted by molar-refractivity contribution is -0.272. The Balaban J connectivity index is 1.51. The number of aliphatic hydroxyl groups is 3. The van der Waals surface area contributed by atoms with Crippen molar-refractivity contribution in [1.82, 2.24) is 5.32 Å². The van der Waals surface area contributed by atoms with Crippen LogP contribution in [0.1, 0.15) is 51.9 Å². The summed E-state index contributed by atoms with van der Waals surface area (Å²) in [6, 6.07) is -0.850. The molecule has 3 aliphatic rings. The van der Waals surface area contributed by atoms with Crippen molar-refractivity contribution in [2.45, 2.75) is 82.5 Å². The van der Waals surface area contributed by atoms with Gasteiger partial charge in [0.05, 0.1) is 13.2 Å². The molecule has 1 aliphatic heterocycles. The van der Waals surface area contributed by atoms with E-state index in [2.05, 4.69) is 5.32 Å². The van der Waals surface area contributed by atoms with Crippen LogP contribution in [0, 0.1) is 17.8 Å². The topological polar surface area (TPSA) is 108 Å². The predicted molar refractivity (Wildman–Crippen MR) is 94.1 cm³/mol. The van der Waals surface area contributed by atoms with E-state index < -0.39 is 37.3 Å². The lowest BCUT2D eigenvalue weighted by Crippen LogP contribution is -2.64. The Morgan fingerprint density at radius 1 is 1.12 bits per heavy atom. The van der Waals surface area contributed by atoms with Crippen LogP contribution in [0.3, 0.4) is 0 Å². The highest BCUT2D eigenvalue weighted by molar-refractivity contribution is 5.73. The second-order valence-corrected chi connectivity index (χ2v) is 8.34. The zero-order valence-electron chi connectivity index (χ0n) is 15.5. The molecular weight excluding hydrogens is 338 g/mol. The average molecular weight is 371 g/mol. The van der Waals surface area contributed by atoms with Crippen LogP contribution in [0.4, 0.5) is 0 Å². The number of carbonyl (C=O) groups is 1. The first-order valence-electron chi connectivity index (χ1n) is 9.99. The fourth-order valence-electron chi connectivity index (χ4n) is 4.59. The zero-order valence-corrected chi connectivity index (χ0v) is 15.5. The fourth-order valence-corrected chi connectivity index (χ4v) is 4.59. The number of hydrogen-bond donors (Lipinski definition) is 4. The summed E-state index contributed by atoms with van der Waals surface area (Å²) >= 11 is 0. The average Bonchev–Trinajstić information content (AvgIpc) is 3.02. The van der Waals surface area contributed by atoms with Gasteiger partial charge < -0.3 is 30.1 Å². The molecule has 0 spiro atoms. The van der Waals surface area contributed by atoms with Gasteiger partial charge in [0.25, 0.3) is 0 Å². The second-order valence-electron chi connectivity index (χ2n) is 8.34. The molecule has 2 aliphatic carbocycles. The summed E-state index contributed by atoms with van der Waals surface area (Å²) in [6.45, 7) is 1.43. The molecular formula is C19H33NO6. The number of hydrogen-bond acceptors (Lipinski definition) is 6. The van der Waals surface area contributed by atoms with Crippen LogP contribution >= 0.6 is 0 Å². The first kappa shape index (κ1) is 20.0. The van der Waals surface area contributed by atoms with E-state index in [0.717, 1.165) is 24.7 Å². The van der Waals surface area contributed by atoms with Gasteiger partial charge in [0.15, 0.2) is 6.29 Å². The summed E-state index contributed by atoms with van der Waals surface area (Å²) in [4.78, 5) is 11.4. The number of amides is 1. The number of rotatable bonds is 7. The van der Waals surface area contributed by atoms with Crippen LogP contribution in [-0.4, -0.2) is 65.1 Å². The van der Waals surface area contributed by atoms with Gasteiger partial charge in [-0.25, -0.2) is 0 Å². The van der Waals surface area contributed by atoms with E-state index in [1.807, 2.05) is 0 Å². The highest BCUT2D eigenvalue weighted by Crippen LogP contribution is 2.40. The van der Waals surface area contributed by atoms with Gasteiger partial charge in [0, 0.05) is 6.92 Å². The minimum absolute atomic E-state index is 0.331. The number of carbonyl (C=O) groups excluding carboxylic acids is 1. The Hall–Kier alpha value is -0.730. The van der Waals surface area contributed by atoms with Gasteiger partial charge in [-0.3, -0.25) is 4.79 Å². The summed E-state index contributed by atoms with van der Waals surface area (Å²) < 4.78 is 11.5. The van der Waals surface area contributed by atoms with E-state index >= 15 is 0 Å². The van der Waals surface area contributed by atoms with Crippen molar-refractivity contribution in [3.05, 3.63) is 0 Å². The Morgan fingerprint density at radius 3 is 2.46 bits per heavy atom. The molecule has 0 bridgehead atoms. The largest absolute Gasteiger partial charge is 0.394 e. The molecule has 3 rings (SSSR count). The molecule has 0 aromatic heterocycles. The Labute approximate surface area is 155 Å². The third-order valence-corrected chi connectivity index (χ3v) is 6.29. The normalized spacial score (nSPS) is 41.0. The monoisotopic (exact) mass is 371 g/mol. The van der Waals surface area contributed by atoms with Crippen molar-refractivity contribution in [3.63, 3.8) is 0 Å². The maximum Gasteiger partial charge on any atom is 0.217 e. The smallest absolute Gasteiger partial charge is 0.217 e. The molecule has 7 heteroatoms. The Kier molecular flexibility index (Phi) is 6.91. The van der Waals surface area contributed by atoms with Gasteiger partial charge >= 0.3 is 0 Å². The molecule has 0 aromatic rings. The lowest BCUT2D eigenvalue weighted by atomic mass is 9.78. The van der Waals surface area contributed by atoms with Crippen molar-refractivity contribution < 1.29 is 29.6 Å². The molecule has 1 amide bonds. The molecule has 2 saturated carbocycles. The molecule has 7 atom stereocenters. The highest BCUT2D eigenvalue weighted by Gasteiger charge is 2.45. The molecule has 0 radical (unpaired) electrons. The molecule has 7 nitrogen and oxygen atoms in total. The first-order valence-corrected chi connectivity index (χ1v) is 9.99. The molecule has 0 aromatic carbocycles. The van der Waals surface area contributed by atoms with Gasteiger partial charge in [0.1, 0.15) is 24.4 Å². The predicted octanol–water partition coefficient (Wildman–Crippen LogP) is 0.553. The molecule has 150 valence electrons. The van der Waals surface area contributed by atoms with Crippen molar-refractivity contribution >= 4 is 5.91 Å². The van der Waals surface area contributed by atoms with E-state index in [9.17, 15) is 20.1 Å².